The van der Waals surface area contributed by atoms with E-state index in [9.17, 15) is 0 Å². The second-order valence-corrected chi connectivity index (χ2v) is 18.3. The Bertz CT molecular complexity index is 2020. The summed E-state index contributed by atoms with van der Waals surface area (Å²) in [6, 6.07) is 35.5. The molecule has 0 bridgehead atoms. The van der Waals surface area contributed by atoms with Gasteiger partial charge in [0.05, 0.1) is 0 Å². The molecule has 0 aliphatic rings. The third kappa shape index (κ3) is 6.27. The topological polar surface area (TPSA) is 0 Å². The molecule has 8 rings (SSSR count). The van der Waals surface area contributed by atoms with Crippen LogP contribution in [0.3, 0.4) is 0 Å². The Labute approximate surface area is 288 Å². The zero-order valence-corrected chi connectivity index (χ0v) is 29.5. The lowest BCUT2D eigenvalue weighted by Crippen LogP contribution is -1.59. The Kier molecular flexibility index (Phi) is 8.32. The van der Waals surface area contributed by atoms with Gasteiger partial charge < -0.3 is 0 Å². The highest BCUT2D eigenvalue weighted by molar-refractivity contribution is 7.29. The molecule has 0 unspecified atom stereocenters. The minimum absolute atomic E-state index is 1.28. The van der Waals surface area contributed by atoms with E-state index in [0.29, 0.717) is 0 Å². The molecule has 8 heteroatoms. The van der Waals surface area contributed by atoms with Gasteiger partial charge in [0.15, 0.2) is 0 Å². The highest BCUT2D eigenvalue weighted by Gasteiger charge is 2.12. The first-order valence-electron chi connectivity index (χ1n) is 13.8. The zero-order chi connectivity index (χ0) is 29.3. The third-order valence-corrected chi connectivity index (χ3v) is 15.9. The number of hydrogen-bond donors (Lipinski definition) is 0. The summed E-state index contributed by atoms with van der Waals surface area (Å²) in [6.45, 7) is 0. The maximum Gasteiger partial charge on any atom is 0.0449 e. The minimum Gasteiger partial charge on any atom is -0.143 e. The van der Waals surface area contributed by atoms with Gasteiger partial charge in [0.1, 0.15) is 0 Å². The van der Waals surface area contributed by atoms with Crippen molar-refractivity contribution in [2.75, 3.05) is 0 Å². The number of rotatable bonds is 9. The summed E-state index contributed by atoms with van der Waals surface area (Å²) in [5, 5.41) is 4.27. The van der Waals surface area contributed by atoms with Gasteiger partial charge in [-0.3, -0.25) is 0 Å². The minimum atomic E-state index is 1.28. The van der Waals surface area contributed by atoms with Crippen LogP contribution in [0.4, 0.5) is 0 Å². The van der Waals surface area contributed by atoms with E-state index in [4.69, 9.17) is 0 Å². The van der Waals surface area contributed by atoms with Crippen molar-refractivity contribution < 1.29 is 0 Å². The molecule has 8 aromatic heterocycles. The summed E-state index contributed by atoms with van der Waals surface area (Å²) in [7, 11) is 0. The maximum absolute atomic E-state index is 2.27. The van der Waals surface area contributed by atoms with Gasteiger partial charge in [-0.05, 0) is 120 Å². The van der Waals surface area contributed by atoms with Crippen LogP contribution >= 0.6 is 90.7 Å². The molecule has 0 saturated carbocycles. The van der Waals surface area contributed by atoms with Crippen LogP contribution in [-0.2, 0) is 0 Å². The van der Waals surface area contributed by atoms with Gasteiger partial charge in [0.2, 0.25) is 0 Å². The molecular weight excluding hydrogens is 689 g/mol. The quantitative estimate of drug-likeness (QED) is 0.140. The Hall–Kier alpha value is -2.92. The smallest absolute Gasteiger partial charge is 0.0449 e. The molecule has 214 valence electrons. The fourth-order valence-electron chi connectivity index (χ4n) is 4.67. The molecule has 8 heterocycles. The molecule has 0 saturated heterocycles. The van der Waals surface area contributed by atoms with Crippen LogP contribution in [0.25, 0.3) is 73.1 Å². The second-order valence-electron chi connectivity index (χ2n) is 9.76. The lowest BCUT2D eigenvalue weighted by Gasteiger charge is -1.92. The zero-order valence-electron chi connectivity index (χ0n) is 23.0. The van der Waals surface area contributed by atoms with Crippen molar-refractivity contribution in [2.45, 2.75) is 0 Å². The van der Waals surface area contributed by atoms with E-state index in [1.807, 2.05) is 68.0 Å². The second kappa shape index (κ2) is 12.8. The van der Waals surface area contributed by atoms with Crippen molar-refractivity contribution in [3.63, 3.8) is 0 Å². The van der Waals surface area contributed by atoms with Gasteiger partial charge in [0.25, 0.3) is 0 Å². The van der Waals surface area contributed by atoms with Crippen LogP contribution in [0, 0.1) is 0 Å². The summed E-state index contributed by atoms with van der Waals surface area (Å²) in [5.74, 6) is 0. The average molecular weight is 711 g/mol. The van der Waals surface area contributed by atoms with Gasteiger partial charge in [-0.15, -0.1) is 90.7 Å². The molecule has 44 heavy (non-hydrogen) atoms. The predicted molar refractivity (Wildman–Crippen MR) is 207 cm³/mol. The van der Waals surface area contributed by atoms with E-state index >= 15 is 0 Å². The van der Waals surface area contributed by atoms with E-state index in [-0.39, 0.29) is 0 Å². The van der Waals surface area contributed by atoms with Crippen molar-refractivity contribution in [1.82, 2.24) is 0 Å². The molecule has 0 amide bonds. The molecule has 0 aromatic carbocycles. The highest BCUT2D eigenvalue weighted by atomic mass is 32.1. The molecule has 0 N–H and O–H groups in total. The highest BCUT2D eigenvalue weighted by Crippen LogP contribution is 2.43. The van der Waals surface area contributed by atoms with Crippen LogP contribution in [-0.4, -0.2) is 0 Å². The van der Waals surface area contributed by atoms with E-state index in [0.717, 1.165) is 0 Å². The molecule has 0 aliphatic heterocycles. The van der Waals surface area contributed by atoms with Gasteiger partial charge >= 0.3 is 0 Å². The van der Waals surface area contributed by atoms with E-state index < -0.39 is 0 Å². The van der Waals surface area contributed by atoms with Crippen molar-refractivity contribution in [1.29, 1.82) is 0 Å². The van der Waals surface area contributed by atoms with Gasteiger partial charge in [-0.1, -0.05) is 12.1 Å². The fraction of sp³-hybridized carbons (Fsp3) is 0. The largest absolute Gasteiger partial charge is 0.143 e. The van der Waals surface area contributed by atoms with Gasteiger partial charge in [-0.2, -0.15) is 0 Å². The first-order valence-corrected chi connectivity index (χ1v) is 20.4. The molecule has 0 atom stereocenters. The standard InChI is InChI=1S/C36H22S8/c1-3-27(37-21-1)29-13-9-23(39-29)5-7-25-11-15-31(41-25)33-17-19-35(43-33)36-20-18-34(44-36)32-16-12-26(42-32)8-6-24-10-14-30(40-24)28-4-2-22-38-28/h1-22H/b7-5+,8-6+. The summed E-state index contributed by atoms with van der Waals surface area (Å²) in [4.78, 5) is 18.5. The van der Waals surface area contributed by atoms with Crippen LogP contribution in [0.5, 0.6) is 0 Å². The maximum atomic E-state index is 2.27. The Morgan fingerprint density at radius 1 is 0.273 bits per heavy atom. The van der Waals surface area contributed by atoms with E-state index in [1.54, 1.807) is 22.7 Å². The summed E-state index contributed by atoms with van der Waals surface area (Å²) >= 11 is 14.8. The monoisotopic (exact) mass is 710 g/mol. The molecule has 0 nitrogen and oxygen atoms in total. The molecule has 0 radical (unpaired) electrons. The van der Waals surface area contributed by atoms with E-state index in [1.165, 1.54) is 68.3 Å². The summed E-state index contributed by atoms with van der Waals surface area (Å²) in [6.07, 6.45) is 8.96. The summed E-state index contributed by atoms with van der Waals surface area (Å²) in [5.41, 5.74) is 0. The van der Waals surface area contributed by atoms with Gasteiger partial charge in [-0.25, -0.2) is 0 Å². The first kappa shape index (κ1) is 28.5. The van der Waals surface area contributed by atoms with Gasteiger partial charge in [0, 0.05) is 68.3 Å². The molecule has 0 fully saturated rings. The number of thiophene rings is 8. The van der Waals surface area contributed by atoms with Crippen molar-refractivity contribution in [3.05, 3.63) is 127 Å². The van der Waals surface area contributed by atoms with Crippen LogP contribution in [0.15, 0.2) is 108 Å². The molecule has 0 aliphatic carbocycles. The van der Waals surface area contributed by atoms with Crippen molar-refractivity contribution >= 4 is 115 Å². The van der Waals surface area contributed by atoms with E-state index in [2.05, 4.69) is 132 Å². The lowest BCUT2D eigenvalue weighted by atomic mass is 10.3. The SMILES string of the molecule is C(=C\c1ccc(-c2ccc(-c3ccc(-c4ccc(/C=C/c5ccc(-c6cccs6)s5)s4)s3)s2)s1)/c1ccc(-c2cccs2)s1. The number of hydrogen-bond acceptors (Lipinski definition) is 8. The first-order chi connectivity index (χ1) is 21.7. The fourth-order valence-corrected chi connectivity index (χ4v) is 12.3. The Morgan fingerprint density at radius 2 is 0.545 bits per heavy atom. The van der Waals surface area contributed by atoms with Crippen molar-refractivity contribution in [3.8, 4) is 48.8 Å². The predicted octanol–water partition coefficient (Wildman–Crippen LogP) is 14.9. The Balaban J connectivity index is 0.925. The molecular formula is C36H22S8. The summed E-state index contributed by atoms with van der Waals surface area (Å²) < 4.78 is 0. The average Bonchev–Trinajstić information content (AvgIpc) is 3.91. The van der Waals surface area contributed by atoms with Crippen molar-refractivity contribution in [2.24, 2.45) is 0 Å². The molecule has 0 spiro atoms. The lowest BCUT2D eigenvalue weighted by molar-refractivity contribution is 1.89. The Morgan fingerprint density at radius 3 is 0.841 bits per heavy atom. The third-order valence-electron chi connectivity index (χ3n) is 6.80. The van der Waals surface area contributed by atoms with Crippen LogP contribution in [0.1, 0.15) is 19.5 Å². The molecule has 8 aromatic rings. The normalized spacial score (nSPS) is 11.9. The van der Waals surface area contributed by atoms with Crippen LogP contribution < -0.4 is 0 Å². The van der Waals surface area contributed by atoms with Crippen LogP contribution in [0.2, 0.25) is 0 Å².